The van der Waals surface area contributed by atoms with Crippen LogP contribution in [0.1, 0.15) is 64.2 Å². The van der Waals surface area contributed by atoms with Gasteiger partial charge in [0.05, 0.1) is 0 Å². The molecule has 0 aliphatic heterocycles. The van der Waals surface area contributed by atoms with Gasteiger partial charge in [-0.1, -0.05) is 64.2 Å². The van der Waals surface area contributed by atoms with Crippen LogP contribution in [0.25, 0.3) is 0 Å². The Balaban J connectivity index is 0. The van der Waals surface area contributed by atoms with Crippen molar-refractivity contribution in [2.45, 2.75) is 64.2 Å². The van der Waals surface area contributed by atoms with Crippen molar-refractivity contribution in [3.63, 3.8) is 0 Å². The molecule has 1 heterocycles. The van der Waals surface area contributed by atoms with E-state index in [9.17, 15) is 17.3 Å². The maximum Gasteiger partial charge on any atom is 0.673 e. The Morgan fingerprint density at radius 3 is 1.10 bits per heavy atom. The van der Waals surface area contributed by atoms with Crippen LogP contribution in [0.3, 0.4) is 0 Å². The zero-order valence-corrected chi connectivity index (χ0v) is 15.7. The maximum absolute atomic E-state index is 9.75. The van der Waals surface area contributed by atoms with Crippen LogP contribution in [0.2, 0.25) is 0 Å². The Kier molecular flexibility index (Phi) is 18.4. The molecule has 125 valence electrons. The summed E-state index contributed by atoms with van der Waals surface area (Å²) in [6, 6.07) is 3.86. The van der Waals surface area contributed by atoms with Crippen molar-refractivity contribution in [1.82, 2.24) is 0 Å². The standard InChI is InChI=1S/2C5H10.C4H3S.BF4.Re/c3*1-2-4-5-3-1;2-1(3,4)5;/h2*1-5H2;1-3H;;/q;;2*-1;. The van der Waals surface area contributed by atoms with Crippen molar-refractivity contribution in [2.75, 3.05) is 0 Å². The van der Waals surface area contributed by atoms with Gasteiger partial charge < -0.3 is 28.6 Å². The molecule has 21 heavy (non-hydrogen) atoms. The Morgan fingerprint density at radius 2 is 1.00 bits per heavy atom. The van der Waals surface area contributed by atoms with Gasteiger partial charge in [0.2, 0.25) is 0 Å². The van der Waals surface area contributed by atoms with Gasteiger partial charge in [-0.2, -0.15) is 11.4 Å². The van der Waals surface area contributed by atoms with Crippen LogP contribution in [-0.4, -0.2) is 7.25 Å². The summed E-state index contributed by atoms with van der Waals surface area (Å²) < 4.78 is 39.0. The summed E-state index contributed by atoms with van der Waals surface area (Å²) in [6.45, 7) is 0. The average molecular weight is 496 g/mol. The molecule has 0 N–H and O–H groups in total. The van der Waals surface area contributed by atoms with Crippen molar-refractivity contribution in [3.8, 4) is 0 Å². The minimum absolute atomic E-state index is 0. The number of thiophene rings is 1. The molecule has 7 heteroatoms. The van der Waals surface area contributed by atoms with E-state index in [2.05, 4.69) is 5.38 Å². The van der Waals surface area contributed by atoms with Crippen molar-refractivity contribution >= 4 is 18.6 Å². The zero-order valence-electron chi connectivity index (χ0n) is 12.2. The zero-order chi connectivity index (χ0) is 15.1. The van der Waals surface area contributed by atoms with Gasteiger partial charge in [-0.3, -0.25) is 0 Å². The molecule has 0 aromatic carbocycles. The second kappa shape index (κ2) is 16.5. The minimum atomic E-state index is -6.00. The molecule has 0 bridgehead atoms. The molecule has 0 atom stereocenters. The second-order valence-corrected chi connectivity index (χ2v) is 5.50. The molecule has 2 fully saturated rings. The fourth-order valence-electron chi connectivity index (χ4n) is 1.96. The van der Waals surface area contributed by atoms with E-state index < -0.39 is 7.25 Å². The fraction of sp³-hybridized carbons (Fsp3) is 0.714. The van der Waals surface area contributed by atoms with Crippen LogP contribution in [0.15, 0.2) is 17.5 Å². The molecular formula is C14H23BF4ReS-2. The first-order valence-corrected chi connectivity index (χ1v) is 8.15. The summed E-state index contributed by atoms with van der Waals surface area (Å²) >= 11 is 1.59. The largest absolute Gasteiger partial charge is 0.673 e. The smallest absolute Gasteiger partial charge is 0.418 e. The van der Waals surface area contributed by atoms with Gasteiger partial charge in [0.15, 0.2) is 0 Å². The molecule has 3 rings (SSSR count). The molecule has 0 spiro atoms. The Labute approximate surface area is 143 Å². The Bertz CT molecular complexity index is 225. The SMILES string of the molecule is C1CCCC1.C1CCCC1.F[B-](F)(F)F.[Re].[c-]1cccs1. The van der Waals surface area contributed by atoms with Crippen LogP contribution in [0.5, 0.6) is 0 Å². The van der Waals surface area contributed by atoms with Crippen LogP contribution >= 0.6 is 11.3 Å². The topological polar surface area (TPSA) is 0 Å². The van der Waals surface area contributed by atoms with E-state index in [-0.39, 0.29) is 20.4 Å². The van der Waals surface area contributed by atoms with Gasteiger partial charge in [0.25, 0.3) is 0 Å². The molecule has 1 aromatic heterocycles. The number of hydrogen-bond donors (Lipinski definition) is 0. The fourth-order valence-corrected chi connectivity index (χ4v) is 2.36. The first-order valence-electron chi connectivity index (χ1n) is 7.27. The van der Waals surface area contributed by atoms with Crippen LogP contribution in [-0.2, 0) is 20.4 Å². The second-order valence-electron chi connectivity index (χ2n) is 4.76. The molecule has 2 aliphatic carbocycles. The van der Waals surface area contributed by atoms with Gasteiger partial charge in [-0.15, -0.1) is 5.38 Å². The van der Waals surface area contributed by atoms with Crippen LogP contribution < -0.4 is 0 Å². The van der Waals surface area contributed by atoms with Crippen molar-refractivity contribution in [1.29, 1.82) is 0 Å². The third kappa shape index (κ3) is 28.9. The van der Waals surface area contributed by atoms with Crippen LogP contribution in [0.4, 0.5) is 17.3 Å². The van der Waals surface area contributed by atoms with E-state index >= 15 is 0 Å². The molecular weight excluding hydrogens is 473 g/mol. The maximum atomic E-state index is 9.75. The van der Waals surface area contributed by atoms with Crippen LogP contribution in [0, 0.1) is 5.38 Å². The average Bonchev–Trinajstić information content (AvgIpc) is 3.17. The molecule has 2 saturated carbocycles. The minimum Gasteiger partial charge on any atom is -0.418 e. The molecule has 1 radical (unpaired) electrons. The summed E-state index contributed by atoms with van der Waals surface area (Å²) in [7, 11) is -6.00. The summed E-state index contributed by atoms with van der Waals surface area (Å²) in [5, 5.41) is 4.89. The summed E-state index contributed by atoms with van der Waals surface area (Å²) in [5.41, 5.74) is 0. The normalized spacial score (nSPS) is 16.2. The first-order chi connectivity index (χ1) is 9.50. The quantitative estimate of drug-likeness (QED) is 0.212. The van der Waals surface area contributed by atoms with Gasteiger partial charge in [-0.05, 0) is 0 Å². The van der Waals surface area contributed by atoms with Gasteiger partial charge in [-0.25, -0.2) is 6.07 Å². The van der Waals surface area contributed by atoms with Gasteiger partial charge in [0.1, 0.15) is 0 Å². The summed E-state index contributed by atoms with van der Waals surface area (Å²) in [6.07, 6.45) is 15.0. The number of hydrogen-bond acceptors (Lipinski definition) is 1. The van der Waals surface area contributed by atoms with E-state index in [1.165, 1.54) is 64.2 Å². The predicted molar refractivity (Wildman–Crippen MR) is 79.5 cm³/mol. The predicted octanol–water partition coefficient (Wildman–Crippen LogP) is 6.75. The Morgan fingerprint density at radius 1 is 0.714 bits per heavy atom. The monoisotopic (exact) mass is 497 g/mol. The van der Waals surface area contributed by atoms with E-state index in [0.29, 0.717) is 0 Å². The third-order valence-corrected chi connectivity index (χ3v) is 3.44. The summed E-state index contributed by atoms with van der Waals surface area (Å²) in [5.74, 6) is 0. The molecule has 0 nitrogen and oxygen atoms in total. The van der Waals surface area contributed by atoms with E-state index in [1.807, 2.05) is 17.5 Å². The van der Waals surface area contributed by atoms with Crippen molar-refractivity contribution in [3.05, 3.63) is 22.9 Å². The molecule has 1 aromatic rings. The van der Waals surface area contributed by atoms with Gasteiger partial charge in [0, 0.05) is 20.4 Å². The summed E-state index contributed by atoms with van der Waals surface area (Å²) in [4.78, 5) is 0. The molecule has 0 amide bonds. The van der Waals surface area contributed by atoms with Crippen molar-refractivity contribution in [2.24, 2.45) is 0 Å². The van der Waals surface area contributed by atoms with Crippen molar-refractivity contribution < 1.29 is 37.7 Å². The van der Waals surface area contributed by atoms with Gasteiger partial charge >= 0.3 is 7.25 Å². The number of halogens is 4. The number of rotatable bonds is 0. The Hall–Kier alpha value is 0.147. The van der Waals surface area contributed by atoms with E-state index in [4.69, 9.17) is 0 Å². The molecule has 2 aliphatic rings. The third-order valence-electron chi connectivity index (χ3n) is 2.88. The van der Waals surface area contributed by atoms with E-state index in [0.717, 1.165) is 0 Å². The van der Waals surface area contributed by atoms with E-state index in [1.54, 1.807) is 11.3 Å². The first kappa shape index (κ1) is 23.4. The molecule has 0 saturated heterocycles. The molecule has 0 unspecified atom stereocenters.